The first kappa shape index (κ1) is 21.3. The molecule has 0 aliphatic rings. The number of ketones is 1. The molecule has 0 aliphatic heterocycles. The Morgan fingerprint density at radius 3 is 2.38 bits per heavy atom. The van der Waals surface area contributed by atoms with Gasteiger partial charge in [-0.15, -0.1) is 0 Å². The van der Waals surface area contributed by atoms with E-state index in [-0.39, 0.29) is 57.5 Å². The van der Waals surface area contributed by atoms with Crippen LogP contribution in [0.1, 0.15) is 17.3 Å². The zero-order valence-corrected chi connectivity index (χ0v) is 14.6. The van der Waals surface area contributed by atoms with Gasteiger partial charge in [-0.05, 0) is 37.3 Å². The predicted octanol–water partition coefficient (Wildman–Crippen LogP) is 3.71. The zero-order chi connectivity index (χ0) is 17.2. The van der Waals surface area contributed by atoms with E-state index >= 15 is 0 Å². The Morgan fingerprint density at radius 2 is 1.79 bits per heavy atom. The monoisotopic (exact) mass is 397 g/mol. The van der Waals surface area contributed by atoms with Crippen LogP contribution in [-0.4, -0.2) is 50.0 Å². The third-order valence-corrected chi connectivity index (χ3v) is 4.21. The van der Waals surface area contributed by atoms with Gasteiger partial charge >= 0.3 is 29.6 Å². The van der Waals surface area contributed by atoms with Crippen molar-refractivity contribution in [3.05, 3.63) is 52.0 Å². The fraction of sp³-hybridized carbons (Fsp3) is 0.133. The molecule has 0 aromatic heterocycles. The van der Waals surface area contributed by atoms with Gasteiger partial charge in [0, 0.05) is 5.56 Å². The molecule has 0 saturated heterocycles. The molecule has 0 aliphatic carbocycles. The Kier molecular flexibility index (Phi) is 7.59. The van der Waals surface area contributed by atoms with Gasteiger partial charge in [-0.1, -0.05) is 29.3 Å². The van der Waals surface area contributed by atoms with Crippen molar-refractivity contribution in [1.82, 2.24) is 0 Å². The summed E-state index contributed by atoms with van der Waals surface area (Å²) in [5, 5.41) is 0.484. The summed E-state index contributed by atoms with van der Waals surface area (Å²) in [5.74, 6) is 0.210. The van der Waals surface area contributed by atoms with Gasteiger partial charge in [0.2, 0.25) is 10.0 Å². The maximum atomic E-state index is 11.5. The maximum absolute atomic E-state index is 11.5. The van der Waals surface area contributed by atoms with Crippen LogP contribution in [0.4, 0.5) is 5.69 Å². The summed E-state index contributed by atoms with van der Waals surface area (Å²) in [6.07, 6.45) is 1.02. The van der Waals surface area contributed by atoms with E-state index in [9.17, 15) is 13.2 Å². The molecule has 0 heterocycles. The van der Waals surface area contributed by atoms with Gasteiger partial charge in [0.25, 0.3) is 0 Å². The molecule has 2 aromatic carbocycles. The Labute approximate surface area is 172 Å². The molecule has 0 radical (unpaired) electrons. The van der Waals surface area contributed by atoms with Crippen LogP contribution >= 0.6 is 23.2 Å². The third-order valence-electron chi connectivity index (χ3n) is 2.82. The summed E-state index contributed by atoms with van der Waals surface area (Å²) >= 11 is 12.0. The van der Waals surface area contributed by atoms with Crippen molar-refractivity contribution in [3.8, 4) is 11.5 Å². The van der Waals surface area contributed by atoms with E-state index in [0.717, 1.165) is 6.26 Å². The van der Waals surface area contributed by atoms with Crippen molar-refractivity contribution >= 4 is 74.3 Å². The number of hydrogen-bond donors (Lipinski definition) is 1. The summed E-state index contributed by atoms with van der Waals surface area (Å²) < 4.78 is 30.9. The van der Waals surface area contributed by atoms with Crippen LogP contribution in [0.25, 0.3) is 0 Å². The van der Waals surface area contributed by atoms with Crippen LogP contribution in [0.3, 0.4) is 0 Å². The molecule has 0 fully saturated rings. The van der Waals surface area contributed by atoms with Gasteiger partial charge in [0.05, 0.1) is 17.0 Å². The van der Waals surface area contributed by atoms with E-state index < -0.39 is 10.0 Å². The summed E-state index contributed by atoms with van der Waals surface area (Å²) in [6.45, 7) is 1.40. The molecule has 0 atom stereocenters. The van der Waals surface area contributed by atoms with Crippen LogP contribution in [0.5, 0.6) is 11.5 Å². The van der Waals surface area contributed by atoms with Crippen LogP contribution < -0.4 is 9.46 Å². The van der Waals surface area contributed by atoms with Crippen LogP contribution in [0.2, 0.25) is 10.0 Å². The normalized spacial score (nSPS) is 10.7. The quantitative estimate of drug-likeness (QED) is 0.616. The fourth-order valence-electron chi connectivity index (χ4n) is 1.79. The molecule has 0 amide bonds. The Bertz CT molecular complexity index is 872. The second-order valence-corrected chi connectivity index (χ2v) is 7.33. The zero-order valence-electron chi connectivity index (χ0n) is 12.3. The molecule has 0 spiro atoms. The van der Waals surface area contributed by atoms with Crippen molar-refractivity contribution in [2.24, 2.45) is 0 Å². The fourth-order valence-corrected chi connectivity index (χ4v) is 2.69. The number of carbonyl (C=O) groups is 1. The Hall–Kier alpha value is -0.760. The summed E-state index contributed by atoms with van der Waals surface area (Å²) in [5.41, 5.74) is 0.561. The van der Waals surface area contributed by atoms with E-state index in [1.807, 2.05) is 0 Å². The van der Waals surface area contributed by atoms with E-state index in [1.165, 1.54) is 25.1 Å². The number of rotatable bonds is 5. The standard InChI is InChI=1S/C15H13Cl2NO4S.Na.H/c1-9(19)10-6-7-12(18-23(2,20)21)14(8-10)22-13-5-3-4-11(16)15(13)17;;/h3-8,18H,1-2H3;;. The minimum atomic E-state index is -3.52. The topological polar surface area (TPSA) is 72.5 Å². The van der Waals surface area contributed by atoms with Crippen LogP contribution in [-0.2, 0) is 10.0 Å². The number of Topliss-reactive ketones (excluding diaryl/α,β-unsaturated/α-hetero) is 1. The molecule has 0 unspecified atom stereocenters. The molecule has 124 valence electrons. The third kappa shape index (κ3) is 5.65. The van der Waals surface area contributed by atoms with Gasteiger partial charge in [0.15, 0.2) is 11.5 Å². The molecule has 5 nitrogen and oxygen atoms in total. The number of hydrogen-bond acceptors (Lipinski definition) is 4. The second kappa shape index (κ2) is 8.56. The average molecular weight is 398 g/mol. The van der Waals surface area contributed by atoms with E-state index in [2.05, 4.69) is 4.72 Å². The summed E-state index contributed by atoms with van der Waals surface area (Å²) in [6, 6.07) is 9.21. The van der Waals surface area contributed by atoms with Crippen molar-refractivity contribution in [3.63, 3.8) is 0 Å². The number of halogens is 2. The molecule has 2 aromatic rings. The summed E-state index contributed by atoms with van der Waals surface area (Å²) in [4.78, 5) is 11.5. The molecular weight excluding hydrogens is 384 g/mol. The van der Waals surface area contributed by atoms with Crippen LogP contribution in [0, 0.1) is 0 Å². The van der Waals surface area contributed by atoms with E-state index in [0.29, 0.717) is 10.6 Å². The first-order valence-electron chi connectivity index (χ1n) is 6.42. The molecule has 0 saturated carbocycles. The first-order chi connectivity index (χ1) is 10.7. The number of sulfonamides is 1. The van der Waals surface area contributed by atoms with Crippen molar-refractivity contribution < 1.29 is 17.9 Å². The van der Waals surface area contributed by atoms with Gasteiger partial charge in [-0.2, -0.15) is 0 Å². The van der Waals surface area contributed by atoms with Gasteiger partial charge in [0.1, 0.15) is 10.8 Å². The molecule has 0 bridgehead atoms. The SMILES string of the molecule is CC(=O)c1ccc(NS(C)(=O)=O)c(Oc2cccc(Cl)c2Cl)c1.[NaH]. The number of ether oxygens (including phenoxy) is 1. The Balaban J connectivity index is 0.00000288. The first-order valence-corrected chi connectivity index (χ1v) is 9.07. The molecule has 24 heavy (non-hydrogen) atoms. The number of anilines is 1. The molecule has 9 heteroatoms. The Morgan fingerprint density at radius 1 is 1.12 bits per heavy atom. The van der Waals surface area contributed by atoms with Crippen LogP contribution in [0.15, 0.2) is 36.4 Å². The molecular formula is C15H14Cl2NNaO4S. The second-order valence-electron chi connectivity index (χ2n) is 4.80. The summed E-state index contributed by atoms with van der Waals surface area (Å²) in [7, 11) is -3.52. The minimum absolute atomic E-state index is 0. The number of benzene rings is 2. The van der Waals surface area contributed by atoms with E-state index in [1.54, 1.807) is 18.2 Å². The van der Waals surface area contributed by atoms with Gasteiger partial charge in [-0.25, -0.2) is 8.42 Å². The number of nitrogens with one attached hydrogen (secondary N) is 1. The van der Waals surface area contributed by atoms with E-state index in [4.69, 9.17) is 27.9 Å². The van der Waals surface area contributed by atoms with Crippen molar-refractivity contribution in [2.45, 2.75) is 6.92 Å². The molecule has 2 rings (SSSR count). The van der Waals surface area contributed by atoms with Crippen molar-refractivity contribution in [2.75, 3.05) is 11.0 Å². The van der Waals surface area contributed by atoms with Gasteiger partial charge < -0.3 is 4.74 Å². The van der Waals surface area contributed by atoms with Crippen molar-refractivity contribution in [1.29, 1.82) is 0 Å². The predicted molar refractivity (Wildman–Crippen MR) is 98.6 cm³/mol. The average Bonchev–Trinajstić information content (AvgIpc) is 2.44. The molecule has 1 N–H and O–H groups in total. The number of carbonyl (C=O) groups excluding carboxylic acids is 1. The van der Waals surface area contributed by atoms with Gasteiger partial charge in [-0.3, -0.25) is 9.52 Å².